The van der Waals surface area contributed by atoms with Gasteiger partial charge in [0.15, 0.2) is 11.9 Å². The summed E-state index contributed by atoms with van der Waals surface area (Å²) in [6, 6.07) is 7.97. The summed E-state index contributed by atoms with van der Waals surface area (Å²) in [4.78, 5) is 133. The molecule has 0 aliphatic carbocycles. The van der Waals surface area contributed by atoms with Gasteiger partial charge in [-0.25, -0.2) is 9.59 Å². The lowest BCUT2D eigenvalue weighted by Crippen LogP contribution is -2.61. The van der Waals surface area contributed by atoms with Crippen molar-refractivity contribution in [3.8, 4) is 5.75 Å². The maximum Gasteiger partial charge on any atom is 0.410 e. The zero-order valence-electron chi connectivity index (χ0n) is 47.2. The second-order valence-corrected chi connectivity index (χ2v) is 21.8. The number of ketones is 1. The highest BCUT2D eigenvalue weighted by molar-refractivity contribution is 6.05. The number of methoxy groups -OCH3 is 1. The number of rotatable bonds is 15. The zero-order chi connectivity index (χ0) is 57.4. The molecule has 0 saturated carbocycles. The molecule has 0 bridgehead atoms. The highest BCUT2D eigenvalue weighted by atomic mass is 16.6. The summed E-state index contributed by atoms with van der Waals surface area (Å²) in [5.41, 5.74) is 1.30. The number of hydrogen-bond donors (Lipinski definition) is 4. The Bertz CT molecular complexity index is 2350. The second kappa shape index (κ2) is 29.2. The van der Waals surface area contributed by atoms with Crippen molar-refractivity contribution in [1.82, 2.24) is 30.7 Å². The van der Waals surface area contributed by atoms with Crippen LogP contribution in [-0.2, 0) is 65.6 Å². The fourth-order valence-electron chi connectivity index (χ4n) is 9.55. The molecule has 2 saturated heterocycles. The van der Waals surface area contributed by atoms with Gasteiger partial charge in [-0.1, -0.05) is 104 Å². The van der Waals surface area contributed by atoms with Gasteiger partial charge in [0.1, 0.15) is 48.7 Å². The molecule has 20 nitrogen and oxygen atoms in total. The third kappa shape index (κ3) is 17.5. The molecule has 2 aliphatic rings. The van der Waals surface area contributed by atoms with Crippen molar-refractivity contribution in [3.05, 3.63) is 65.7 Å². The number of hydrogen-bond acceptors (Lipinski definition) is 14. The average molecular weight is 1080 g/mol. The van der Waals surface area contributed by atoms with E-state index in [4.69, 9.17) is 18.9 Å². The van der Waals surface area contributed by atoms with Crippen LogP contribution in [0.1, 0.15) is 119 Å². The van der Waals surface area contributed by atoms with E-state index in [2.05, 4.69) is 16.0 Å². The average Bonchev–Trinajstić information content (AvgIpc) is 3.89. The molecule has 2 aromatic carbocycles. The van der Waals surface area contributed by atoms with Crippen LogP contribution in [0.25, 0.3) is 0 Å². The quantitative estimate of drug-likeness (QED) is 0.107. The molecule has 2 fully saturated rings. The second-order valence-electron chi connectivity index (χ2n) is 21.8. The lowest BCUT2D eigenvalue weighted by Gasteiger charge is -2.36. The highest BCUT2D eigenvalue weighted by Gasteiger charge is 2.45. The minimum atomic E-state index is -1.72. The van der Waals surface area contributed by atoms with Gasteiger partial charge in [0, 0.05) is 27.1 Å². The Kier molecular flexibility index (Phi) is 23.9. The number of nitrogens with one attached hydrogen (secondary N) is 3. The molecule has 11 atom stereocenters. The number of carbonyl (C=O) groups excluding carboxylic acids is 9. The molecule has 6 amide bonds. The lowest BCUT2D eigenvalue weighted by molar-refractivity contribution is -0.163. The van der Waals surface area contributed by atoms with Crippen molar-refractivity contribution >= 4 is 53.4 Å². The van der Waals surface area contributed by atoms with Crippen molar-refractivity contribution in [2.75, 3.05) is 27.7 Å². The molecule has 4 N–H and O–H groups in total. The molecule has 4 rings (SSSR count). The molecule has 426 valence electrons. The number of Topliss-reactive ketones (excluding diaryl/α,β-unsaturated/α-hetero) is 1. The fraction of sp³-hybridized carbons (Fsp3) is 0.632. The van der Waals surface area contributed by atoms with Crippen LogP contribution in [0.3, 0.4) is 0 Å². The molecular weight excluding hydrogens is 993 g/mol. The molecule has 0 aromatic heterocycles. The maximum atomic E-state index is 14.9. The number of amides is 6. The Labute approximate surface area is 454 Å². The van der Waals surface area contributed by atoms with Crippen LogP contribution in [0.2, 0.25) is 0 Å². The van der Waals surface area contributed by atoms with Gasteiger partial charge in [0.05, 0.1) is 31.6 Å². The summed E-state index contributed by atoms with van der Waals surface area (Å²) in [7, 11) is 4.30. The van der Waals surface area contributed by atoms with Crippen molar-refractivity contribution < 1.29 is 67.2 Å². The predicted octanol–water partition coefficient (Wildman–Crippen LogP) is 4.75. The largest absolute Gasteiger partial charge is 0.497 e. The summed E-state index contributed by atoms with van der Waals surface area (Å²) in [6.45, 7) is 17.0. The molecule has 2 aliphatic heterocycles. The number of aliphatic hydroxyl groups excluding tert-OH is 1. The van der Waals surface area contributed by atoms with E-state index in [1.54, 1.807) is 76.2 Å². The van der Waals surface area contributed by atoms with Crippen LogP contribution in [0.5, 0.6) is 5.75 Å². The van der Waals surface area contributed by atoms with Crippen LogP contribution >= 0.6 is 0 Å². The van der Waals surface area contributed by atoms with E-state index >= 15 is 0 Å². The topological polar surface area (TPSA) is 257 Å². The van der Waals surface area contributed by atoms with Crippen LogP contribution in [0.4, 0.5) is 4.79 Å². The van der Waals surface area contributed by atoms with E-state index in [0.717, 1.165) is 4.90 Å². The van der Waals surface area contributed by atoms with Gasteiger partial charge in [-0.3, -0.25) is 38.5 Å². The number of cyclic esters (lactones) is 2. The maximum absolute atomic E-state index is 14.9. The van der Waals surface area contributed by atoms with Gasteiger partial charge >= 0.3 is 18.0 Å². The number of esters is 2. The van der Waals surface area contributed by atoms with E-state index in [-0.39, 0.29) is 50.7 Å². The summed E-state index contributed by atoms with van der Waals surface area (Å²) in [5.74, 6) is -8.77. The number of benzene rings is 2. The van der Waals surface area contributed by atoms with Gasteiger partial charge in [0.2, 0.25) is 29.5 Å². The van der Waals surface area contributed by atoms with Gasteiger partial charge in [-0.05, 0) is 86.5 Å². The van der Waals surface area contributed by atoms with Crippen molar-refractivity contribution in [3.63, 3.8) is 0 Å². The van der Waals surface area contributed by atoms with Gasteiger partial charge in [-0.15, -0.1) is 0 Å². The smallest absolute Gasteiger partial charge is 0.410 e. The summed E-state index contributed by atoms with van der Waals surface area (Å²) in [6.07, 6.45) is -4.96. The van der Waals surface area contributed by atoms with Crippen LogP contribution in [0.15, 0.2) is 54.6 Å². The van der Waals surface area contributed by atoms with E-state index in [0.29, 0.717) is 29.7 Å². The van der Waals surface area contributed by atoms with Gasteiger partial charge in [-0.2, -0.15) is 0 Å². The minimum Gasteiger partial charge on any atom is -0.497 e. The molecule has 2 heterocycles. The van der Waals surface area contributed by atoms with E-state index in [9.17, 15) is 48.3 Å². The Morgan fingerprint density at radius 3 is 2.09 bits per heavy atom. The molecule has 20 heteroatoms. The molecule has 77 heavy (non-hydrogen) atoms. The molecule has 2 aromatic rings. The number of nitrogens with zero attached hydrogens (tertiary/aromatic N) is 3. The number of ether oxygens (including phenoxy) is 4. The Balaban J connectivity index is 1.86. The number of aliphatic hydroxyl groups is 1. The fourth-order valence-corrected chi connectivity index (χ4v) is 9.55. The monoisotopic (exact) mass is 1080 g/mol. The van der Waals surface area contributed by atoms with Crippen LogP contribution in [0, 0.1) is 29.6 Å². The van der Waals surface area contributed by atoms with E-state index in [1.807, 2.05) is 33.8 Å². The highest BCUT2D eigenvalue weighted by Crippen LogP contribution is 2.26. The zero-order valence-corrected chi connectivity index (χ0v) is 47.2. The van der Waals surface area contributed by atoms with Crippen LogP contribution in [-0.4, -0.2) is 155 Å². The normalized spacial score (nSPS) is 25.6. The predicted molar refractivity (Wildman–Crippen MR) is 285 cm³/mol. The first-order valence-electron chi connectivity index (χ1n) is 27.0. The Hall–Kier alpha value is -6.57. The summed E-state index contributed by atoms with van der Waals surface area (Å²) >= 11 is 0. The minimum absolute atomic E-state index is 0.0856. The van der Waals surface area contributed by atoms with Crippen molar-refractivity contribution in [2.24, 2.45) is 29.6 Å². The first-order chi connectivity index (χ1) is 36.3. The number of likely N-dealkylation sites (N-methyl/N-ethyl adjacent to an activating group) is 2. The standard InChI is InChI=1S/C57H84N6O14/c1-14-35(8)47-45(64)30-46(65)77-50(34(6)7)49(66)36(9)51(67)58-41(27-32(2)3)54(70)63-26-18-21-42(63)55(71)61(11)44(29-38-22-24-40(74-13)25-23-38)56(72)76-37(10)48(53(69)59-47)60-52(68)43(28-33(4)5)62(12)57(73)75-31-39-19-16-15-17-20-39/h15-17,19-20,22-25,32-37,41-45,47-48,50,64H,14,18,21,26-31H2,1-13H3,(H,58,67)(H,59,69)(H,60,68)/t35-,36+,37-,41+,42+,43-,44+,45+,47-,48+,50+/m1/s1. The molecule has 0 unspecified atom stereocenters. The molecular formula is C57H84N6O14. The first kappa shape index (κ1) is 63.0. The Morgan fingerprint density at radius 1 is 0.857 bits per heavy atom. The third-order valence-corrected chi connectivity index (χ3v) is 14.4. The van der Waals surface area contributed by atoms with Crippen molar-refractivity contribution in [1.29, 1.82) is 0 Å². The van der Waals surface area contributed by atoms with Gasteiger partial charge < -0.3 is 49.8 Å². The molecule has 0 radical (unpaired) electrons. The summed E-state index contributed by atoms with van der Waals surface area (Å²) in [5, 5.41) is 20.1. The molecule has 0 spiro atoms. The summed E-state index contributed by atoms with van der Waals surface area (Å²) < 4.78 is 22.8. The van der Waals surface area contributed by atoms with Crippen molar-refractivity contribution in [2.45, 2.75) is 175 Å². The van der Waals surface area contributed by atoms with E-state index < -0.39 is 132 Å². The number of fused-ring (bicyclic) bond motifs is 1. The first-order valence-corrected chi connectivity index (χ1v) is 27.0. The van der Waals surface area contributed by atoms with E-state index in [1.165, 1.54) is 44.9 Å². The lowest BCUT2D eigenvalue weighted by atomic mass is 9.91. The van der Waals surface area contributed by atoms with Crippen LogP contribution < -0.4 is 20.7 Å². The third-order valence-electron chi connectivity index (χ3n) is 14.4. The Morgan fingerprint density at radius 2 is 1.51 bits per heavy atom. The number of carbonyl (C=O) groups is 9. The van der Waals surface area contributed by atoms with Gasteiger partial charge in [0.25, 0.3) is 0 Å². The SMILES string of the molecule is CC[C@@H](C)[C@H]1NC(=O)[C@@H](NC(=O)[C@@H](CC(C)C)N(C)C(=O)OCc2ccccc2)[C@@H](C)OC(=O)[C@H](Cc2ccc(OC)cc2)N(C)C(=O)[C@@H]2CCCN2C(=O)[C@H](CC(C)C)NC(=O)[C@@H](C)C(=O)[C@H](C(C)C)OC(=O)C[C@@H]1O.